The lowest BCUT2D eigenvalue weighted by Gasteiger charge is -2.06. The minimum absolute atomic E-state index is 0.0581. The summed E-state index contributed by atoms with van der Waals surface area (Å²) in [7, 11) is -3.92. The van der Waals surface area contributed by atoms with Gasteiger partial charge in [0.2, 0.25) is 0 Å². The van der Waals surface area contributed by atoms with Crippen LogP contribution in [0.2, 0.25) is 0 Å². The van der Waals surface area contributed by atoms with Crippen LogP contribution in [0.15, 0.2) is 12.3 Å². The van der Waals surface area contributed by atoms with Gasteiger partial charge < -0.3 is 10.1 Å². The molecule has 0 amide bonds. The second-order valence-electron chi connectivity index (χ2n) is 3.02. The number of carbonyl (C=O) groups excluding carboxylic acids is 1. The van der Waals surface area contributed by atoms with E-state index in [4.69, 9.17) is 4.55 Å². The number of Topliss-reactive ketones (excluding diaryl/α,β-unsaturated/α-hetero) is 1. The van der Waals surface area contributed by atoms with Crippen molar-refractivity contribution in [3.63, 3.8) is 0 Å². The number of carbonyl (C=O) groups is 1. The van der Waals surface area contributed by atoms with Crippen molar-refractivity contribution in [3.8, 4) is 0 Å². The van der Waals surface area contributed by atoms with Crippen LogP contribution in [0.25, 0.3) is 0 Å². The van der Waals surface area contributed by atoms with Gasteiger partial charge in [0, 0.05) is 18.7 Å². The van der Waals surface area contributed by atoms with Gasteiger partial charge in [0.05, 0.1) is 5.75 Å². The largest absolute Gasteiger partial charge is 0.388 e. The lowest BCUT2D eigenvalue weighted by molar-refractivity contribution is -0.117. The Kier molecular flexibility index (Phi) is 10.2. The molecule has 0 bridgehead atoms. The monoisotopic (exact) mass is 251 g/mol. The summed E-state index contributed by atoms with van der Waals surface area (Å²) in [6, 6.07) is 0. The molecule has 96 valence electrons. The highest BCUT2D eigenvalue weighted by Gasteiger charge is 2.03. The van der Waals surface area contributed by atoms with E-state index in [1.807, 2.05) is 13.8 Å². The molecule has 0 aliphatic rings. The number of hydrogen-bond donors (Lipinski definition) is 2. The molecule has 0 saturated heterocycles. The Balaban J connectivity index is 0. The number of allylic oxidation sites excluding steroid dienone is 1. The smallest absolute Gasteiger partial charge is 0.266 e. The molecule has 0 aliphatic carbocycles. The zero-order chi connectivity index (χ0) is 13.2. The van der Waals surface area contributed by atoms with Crippen molar-refractivity contribution >= 4 is 15.9 Å². The normalized spacial score (nSPS) is 10.0. The minimum atomic E-state index is -3.92. The second-order valence-corrected chi connectivity index (χ2v) is 4.59. The number of nitrogens with one attached hydrogen (secondary N) is 1. The van der Waals surface area contributed by atoms with Crippen LogP contribution in [-0.4, -0.2) is 31.1 Å². The molecule has 0 fully saturated rings. The number of hydrogen-bond acceptors (Lipinski definition) is 4. The quantitative estimate of drug-likeness (QED) is 0.668. The molecule has 5 nitrogen and oxygen atoms in total. The maximum atomic E-state index is 10.6. The van der Waals surface area contributed by atoms with Crippen molar-refractivity contribution in [2.24, 2.45) is 0 Å². The van der Waals surface area contributed by atoms with Crippen LogP contribution in [0.5, 0.6) is 0 Å². The van der Waals surface area contributed by atoms with E-state index in [9.17, 15) is 13.2 Å². The SMILES string of the molecule is C=C(CCC(C)=O)NCCS(=O)(=O)O.CC. The molecular formula is C10H21NO4S. The van der Waals surface area contributed by atoms with Crippen molar-refractivity contribution in [1.29, 1.82) is 0 Å². The fourth-order valence-corrected chi connectivity index (χ4v) is 1.13. The number of rotatable bonds is 7. The maximum Gasteiger partial charge on any atom is 0.266 e. The third kappa shape index (κ3) is 15.6. The fourth-order valence-electron chi connectivity index (χ4n) is 0.772. The van der Waals surface area contributed by atoms with Crippen LogP contribution < -0.4 is 5.32 Å². The molecule has 0 spiro atoms. The van der Waals surface area contributed by atoms with E-state index in [0.29, 0.717) is 18.5 Å². The van der Waals surface area contributed by atoms with Crippen molar-refractivity contribution < 1.29 is 17.8 Å². The second kappa shape index (κ2) is 9.35. The highest BCUT2D eigenvalue weighted by Crippen LogP contribution is 1.98. The van der Waals surface area contributed by atoms with E-state index in [1.54, 1.807) is 0 Å². The summed E-state index contributed by atoms with van der Waals surface area (Å²) >= 11 is 0. The van der Waals surface area contributed by atoms with Crippen molar-refractivity contribution in [3.05, 3.63) is 12.3 Å². The Labute approximate surface area is 97.7 Å². The minimum Gasteiger partial charge on any atom is -0.388 e. The fraction of sp³-hybridized carbons (Fsp3) is 0.700. The topological polar surface area (TPSA) is 83.5 Å². The first-order chi connectivity index (χ1) is 7.31. The van der Waals surface area contributed by atoms with Gasteiger partial charge in [-0.3, -0.25) is 4.55 Å². The van der Waals surface area contributed by atoms with Crippen molar-refractivity contribution in [1.82, 2.24) is 5.32 Å². The van der Waals surface area contributed by atoms with Crippen molar-refractivity contribution in [2.75, 3.05) is 12.3 Å². The van der Waals surface area contributed by atoms with E-state index in [2.05, 4.69) is 11.9 Å². The summed E-state index contributed by atoms with van der Waals surface area (Å²) in [5.74, 6) is -0.297. The molecule has 0 heterocycles. The first kappa shape index (κ1) is 17.5. The lowest BCUT2D eigenvalue weighted by atomic mass is 10.2. The Morgan fingerprint density at radius 2 is 1.81 bits per heavy atom. The molecule has 0 aromatic heterocycles. The van der Waals surface area contributed by atoms with Crippen LogP contribution in [0.1, 0.15) is 33.6 Å². The van der Waals surface area contributed by atoms with Crippen LogP contribution >= 0.6 is 0 Å². The average molecular weight is 251 g/mol. The van der Waals surface area contributed by atoms with E-state index in [1.165, 1.54) is 6.92 Å². The van der Waals surface area contributed by atoms with Gasteiger partial charge in [-0.2, -0.15) is 8.42 Å². The van der Waals surface area contributed by atoms with Gasteiger partial charge >= 0.3 is 0 Å². The lowest BCUT2D eigenvalue weighted by Crippen LogP contribution is -2.21. The summed E-state index contributed by atoms with van der Waals surface area (Å²) in [6.07, 6.45) is 0.874. The molecule has 0 aliphatic heterocycles. The van der Waals surface area contributed by atoms with E-state index < -0.39 is 10.1 Å². The molecule has 2 N–H and O–H groups in total. The van der Waals surface area contributed by atoms with E-state index in [-0.39, 0.29) is 18.1 Å². The van der Waals surface area contributed by atoms with Crippen LogP contribution in [-0.2, 0) is 14.9 Å². The van der Waals surface area contributed by atoms with Gasteiger partial charge in [-0.25, -0.2) is 0 Å². The van der Waals surface area contributed by atoms with Gasteiger partial charge in [-0.05, 0) is 13.3 Å². The molecular weight excluding hydrogens is 230 g/mol. The van der Waals surface area contributed by atoms with Crippen LogP contribution in [0, 0.1) is 0 Å². The van der Waals surface area contributed by atoms with Crippen LogP contribution in [0.4, 0.5) is 0 Å². The third-order valence-electron chi connectivity index (χ3n) is 1.51. The predicted molar refractivity (Wildman–Crippen MR) is 64.8 cm³/mol. The predicted octanol–water partition coefficient (Wildman–Crippen LogP) is 1.37. The van der Waals surface area contributed by atoms with Gasteiger partial charge in [0.1, 0.15) is 5.78 Å². The van der Waals surface area contributed by atoms with Gasteiger partial charge in [0.25, 0.3) is 10.1 Å². The first-order valence-electron chi connectivity index (χ1n) is 5.17. The zero-order valence-electron chi connectivity index (χ0n) is 10.1. The molecule has 0 radical (unpaired) electrons. The Bertz CT molecular complexity index is 309. The summed E-state index contributed by atoms with van der Waals surface area (Å²) in [5, 5.41) is 2.71. The van der Waals surface area contributed by atoms with Crippen LogP contribution in [0.3, 0.4) is 0 Å². The van der Waals surface area contributed by atoms with Gasteiger partial charge in [-0.15, -0.1) is 0 Å². The Morgan fingerprint density at radius 3 is 2.19 bits per heavy atom. The Morgan fingerprint density at radius 1 is 1.31 bits per heavy atom. The van der Waals surface area contributed by atoms with Crippen molar-refractivity contribution in [2.45, 2.75) is 33.6 Å². The summed E-state index contributed by atoms with van der Waals surface area (Å²) in [6.45, 7) is 9.19. The maximum absolute atomic E-state index is 10.6. The third-order valence-corrected chi connectivity index (χ3v) is 2.23. The molecule has 0 atom stereocenters. The summed E-state index contributed by atoms with van der Waals surface area (Å²) < 4.78 is 29.0. The summed E-state index contributed by atoms with van der Waals surface area (Å²) in [4.78, 5) is 10.6. The molecule has 0 rings (SSSR count). The molecule has 0 unspecified atom stereocenters. The molecule has 0 aromatic carbocycles. The zero-order valence-corrected chi connectivity index (χ0v) is 10.9. The standard InChI is InChI=1S/C8H15NO4S.C2H6/c1-7(3-4-8(2)10)9-5-6-14(11,12)13;1-2/h9H,1,3-6H2,2H3,(H,11,12,13);1-2H3. The number of ketones is 1. The molecule has 6 heteroatoms. The Hall–Kier alpha value is -0.880. The molecule has 16 heavy (non-hydrogen) atoms. The van der Waals surface area contributed by atoms with Gasteiger partial charge in [-0.1, -0.05) is 20.4 Å². The molecule has 0 aromatic rings. The van der Waals surface area contributed by atoms with E-state index in [0.717, 1.165) is 0 Å². The average Bonchev–Trinajstić information content (AvgIpc) is 2.16. The summed E-state index contributed by atoms with van der Waals surface area (Å²) in [5.41, 5.74) is 0.601. The first-order valence-corrected chi connectivity index (χ1v) is 6.78. The highest BCUT2D eigenvalue weighted by atomic mass is 32.2. The molecule has 0 saturated carbocycles. The highest BCUT2D eigenvalue weighted by molar-refractivity contribution is 7.85. The van der Waals surface area contributed by atoms with E-state index >= 15 is 0 Å². The van der Waals surface area contributed by atoms with Gasteiger partial charge in [0.15, 0.2) is 0 Å².